The van der Waals surface area contributed by atoms with Crippen LogP contribution in [0.1, 0.15) is 46.8 Å². The molecule has 1 atom stereocenters. The zero-order valence-corrected chi connectivity index (χ0v) is 13.0. The summed E-state index contributed by atoms with van der Waals surface area (Å²) >= 11 is 1.83. The van der Waals surface area contributed by atoms with E-state index in [1.54, 1.807) is 0 Å². The first-order valence-electron chi connectivity index (χ1n) is 6.84. The van der Waals surface area contributed by atoms with E-state index in [0.717, 1.165) is 24.4 Å². The molecule has 1 N–H and O–H groups in total. The van der Waals surface area contributed by atoms with Gasteiger partial charge in [0.1, 0.15) is 0 Å². The molecule has 2 nitrogen and oxygen atoms in total. The van der Waals surface area contributed by atoms with Crippen molar-refractivity contribution in [3.8, 4) is 0 Å². The Hall–Kier alpha value is -1.19. The summed E-state index contributed by atoms with van der Waals surface area (Å²) in [5, 5.41) is 5.84. The minimum absolute atomic E-state index is 0.292. The molecule has 0 aliphatic carbocycles. The van der Waals surface area contributed by atoms with Gasteiger partial charge in [0, 0.05) is 16.3 Å². The van der Waals surface area contributed by atoms with Crippen LogP contribution in [0.3, 0.4) is 0 Å². The van der Waals surface area contributed by atoms with Crippen LogP contribution in [-0.2, 0) is 0 Å². The quantitative estimate of drug-likeness (QED) is 0.885. The summed E-state index contributed by atoms with van der Waals surface area (Å²) < 4.78 is 0. The lowest BCUT2D eigenvalue weighted by Crippen LogP contribution is -2.23. The number of nitrogens with zero attached hydrogens (tertiary/aromatic N) is 1. The minimum atomic E-state index is 0.292. The van der Waals surface area contributed by atoms with Crippen LogP contribution in [0, 0.1) is 20.8 Å². The highest BCUT2D eigenvalue weighted by Gasteiger charge is 2.17. The number of aromatic nitrogens is 1. The fourth-order valence-corrected chi connectivity index (χ4v) is 3.39. The van der Waals surface area contributed by atoms with Gasteiger partial charge in [0.2, 0.25) is 0 Å². The molecule has 2 aromatic rings. The molecule has 0 spiro atoms. The fourth-order valence-electron chi connectivity index (χ4n) is 2.36. The topological polar surface area (TPSA) is 24.9 Å². The van der Waals surface area contributed by atoms with Crippen LogP contribution in [-0.4, -0.2) is 11.5 Å². The first kappa shape index (κ1) is 14.2. The molecule has 1 unspecified atom stereocenters. The molecule has 0 aliphatic heterocycles. The SMILES string of the molecule is CCCNC(c1cc(C)nc(C)c1)c1sccc1C. The van der Waals surface area contributed by atoms with Crippen molar-refractivity contribution in [3.63, 3.8) is 0 Å². The van der Waals surface area contributed by atoms with E-state index in [1.165, 1.54) is 16.0 Å². The molecule has 0 aliphatic rings. The normalized spacial score (nSPS) is 12.6. The Bertz CT molecular complexity index is 525. The largest absolute Gasteiger partial charge is 0.306 e. The first-order chi connectivity index (χ1) is 9.11. The van der Waals surface area contributed by atoms with Crippen LogP contribution in [0.2, 0.25) is 0 Å². The van der Waals surface area contributed by atoms with Crippen molar-refractivity contribution < 1.29 is 0 Å². The molecule has 3 heteroatoms. The van der Waals surface area contributed by atoms with Crippen molar-refractivity contribution in [2.75, 3.05) is 6.54 Å². The molecule has 2 aromatic heterocycles. The number of aryl methyl sites for hydroxylation is 3. The summed E-state index contributed by atoms with van der Waals surface area (Å²) in [7, 11) is 0. The van der Waals surface area contributed by atoms with Gasteiger partial charge < -0.3 is 5.32 Å². The number of hydrogen-bond donors (Lipinski definition) is 1. The number of thiophene rings is 1. The van der Waals surface area contributed by atoms with Gasteiger partial charge in [-0.1, -0.05) is 6.92 Å². The van der Waals surface area contributed by atoms with Crippen LogP contribution in [0.5, 0.6) is 0 Å². The van der Waals surface area contributed by atoms with Crippen molar-refractivity contribution in [1.29, 1.82) is 0 Å². The molecule has 2 rings (SSSR count). The van der Waals surface area contributed by atoms with Crippen LogP contribution in [0.4, 0.5) is 0 Å². The lowest BCUT2D eigenvalue weighted by molar-refractivity contribution is 0.602. The number of rotatable bonds is 5. The summed E-state index contributed by atoms with van der Waals surface area (Å²) in [6.07, 6.45) is 1.14. The third-order valence-corrected chi connectivity index (χ3v) is 4.28. The second-order valence-electron chi connectivity index (χ2n) is 5.04. The first-order valence-corrected chi connectivity index (χ1v) is 7.72. The molecule has 2 heterocycles. The van der Waals surface area contributed by atoms with E-state index in [1.807, 2.05) is 11.3 Å². The van der Waals surface area contributed by atoms with Crippen molar-refractivity contribution in [2.45, 2.75) is 40.2 Å². The number of pyridine rings is 1. The summed E-state index contributed by atoms with van der Waals surface area (Å²) in [5.41, 5.74) is 4.87. The van der Waals surface area contributed by atoms with Crippen LogP contribution < -0.4 is 5.32 Å². The van der Waals surface area contributed by atoms with E-state index < -0.39 is 0 Å². The van der Waals surface area contributed by atoms with E-state index in [2.05, 4.69) is 61.6 Å². The molecular weight excluding hydrogens is 252 g/mol. The van der Waals surface area contributed by atoms with E-state index in [-0.39, 0.29) is 0 Å². The van der Waals surface area contributed by atoms with E-state index in [4.69, 9.17) is 0 Å². The van der Waals surface area contributed by atoms with E-state index in [9.17, 15) is 0 Å². The smallest absolute Gasteiger partial charge is 0.0675 e. The van der Waals surface area contributed by atoms with E-state index >= 15 is 0 Å². The Morgan fingerprint density at radius 1 is 1.21 bits per heavy atom. The van der Waals surface area contributed by atoms with Crippen molar-refractivity contribution in [2.24, 2.45) is 0 Å². The predicted octanol–water partition coefficient (Wildman–Crippen LogP) is 4.16. The summed E-state index contributed by atoms with van der Waals surface area (Å²) in [6, 6.07) is 6.88. The molecule has 0 saturated heterocycles. The Labute approximate surface area is 119 Å². The van der Waals surface area contributed by atoms with Gasteiger partial charge in [-0.2, -0.15) is 0 Å². The Morgan fingerprint density at radius 2 is 1.89 bits per heavy atom. The molecule has 0 radical (unpaired) electrons. The highest BCUT2D eigenvalue weighted by molar-refractivity contribution is 7.10. The van der Waals surface area contributed by atoms with Gasteiger partial charge in [-0.3, -0.25) is 4.98 Å². The Kier molecular flexibility index (Phi) is 4.72. The highest BCUT2D eigenvalue weighted by Crippen LogP contribution is 2.30. The standard InChI is InChI=1S/C16H22N2S/c1-5-7-17-15(16-11(2)6-8-19-16)14-9-12(3)18-13(4)10-14/h6,8-10,15,17H,5,7H2,1-4H3. The second-order valence-corrected chi connectivity index (χ2v) is 5.99. The van der Waals surface area contributed by atoms with Gasteiger partial charge in [0.15, 0.2) is 0 Å². The molecule has 0 fully saturated rings. The Balaban J connectivity index is 2.39. The maximum absolute atomic E-state index is 4.48. The van der Waals surface area contributed by atoms with Crippen molar-refractivity contribution in [3.05, 3.63) is 51.0 Å². The third-order valence-electron chi connectivity index (χ3n) is 3.20. The van der Waals surface area contributed by atoms with Gasteiger partial charge in [0.25, 0.3) is 0 Å². The monoisotopic (exact) mass is 274 g/mol. The molecule has 0 aromatic carbocycles. The molecular formula is C16H22N2S. The summed E-state index contributed by atoms with van der Waals surface area (Å²) in [4.78, 5) is 5.89. The Morgan fingerprint density at radius 3 is 2.42 bits per heavy atom. The van der Waals surface area contributed by atoms with Crippen molar-refractivity contribution >= 4 is 11.3 Å². The average Bonchev–Trinajstić information content (AvgIpc) is 2.75. The highest BCUT2D eigenvalue weighted by atomic mass is 32.1. The van der Waals surface area contributed by atoms with Gasteiger partial charge >= 0.3 is 0 Å². The maximum Gasteiger partial charge on any atom is 0.0675 e. The van der Waals surface area contributed by atoms with Gasteiger partial charge in [-0.05, 0) is 68.4 Å². The van der Waals surface area contributed by atoms with E-state index in [0.29, 0.717) is 6.04 Å². The van der Waals surface area contributed by atoms with Gasteiger partial charge in [-0.25, -0.2) is 0 Å². The fraction of sp³-hybridized carbons (Fsp3) is 0.438. The second kappa shape index (κ2) is 6.31. The summed E-state index contributed by atoms with van der Waals surface area (Å²) in [6.45, 7) is 9.55. The molecule has 0 bridgehead atoms. The lowest BCUT2D eigenvalue weighted by atomic mass is 10.0. The molecule has 102 valence electrons. The van der Waals surface area contributed by atoms with Crippen LogP contribution >= 0.6 is 11.3 Å². The van der Waals surface area contributed by atoms with Crippen LogP contribution in [0.15, 0.2) is 23.6 Å². The lowest BCUT2D eigenvalue weighted by Gasteiger charge is -2.20. The zero-order chi connectivity index (χ0) is 13.8. The molecule has 0 saturated carbocycles. The zero-order valence-electron chi connectivity index (χ0n) is 12.2. The number of nitrogens with one attached hydrogen (secondary N) is 1. The molecule has 0 amide bonds. The van der Waals surface area contributed by atoms with Crippen molar-refractivity contribution in [1.82, 2.24) is 10.3 Å². The van der Waals surface area contributed by atoms with Gasteiger partial charge in [-0.15, -0.1) is 11.3 Å². The average molecular weight is 274 g/mol. The summed E-state index contributed by atoms with van der Waals surface area (Å²) in [5.74, 6) is 0. The predicted molar refractivity (Wildman–Crippen MR) is 82.9 cm³/mol. The minimum Gasteiger partial charge on any atom is -0.306 e. The number of hydrogen-bond acceptors (Lipinski definition) is 3. The maximum atomic E-state index is 4.48. The third kappa shape index (κ3) is 3.43. The van der Waals surface area contributed by atoms with Gasteiger partial charge in [0.05, 0.1) is 6.04 Å². The molecule has 19 heavy (non-hydrogen) atoms. The van der Waals surface area contributed by atoms with Crippen LogP contribution in [0.25, 0.3) is 0 Å².